The number of carbonyl (C=O) groups excluding carboxylic acids is 2. The third kappa shape index (κ3) is 3.96. The highest BCUT2D eigenvalue weighted by Gasteiger charge is 2.08. The molecule has 2 rings (SSSR count). The number of carbonyl (C=O) groups is 2. The van der Waals surface area contributed by atoms with Gasteiger partial charge in [-0.1, -0.05) is 12.1 Å². The second-order valence-electron chi connectivity index (χ2n) is 4.37. The van der Waals surface area contributed by atoms with Crippen molar-refractivity contribution in [1.29, 1.82) is 0 Å². The third-order valence-corrected chi connectivity index (χ3v) is 2.84. The van der Waals surface area contributed by atoms with Gasteiger partial charge >= 0.3 is 5.97 Å². The molecule has 5 heteroatoms. The van der Waals surface area contributed by atoms with Crippen LogP contribution in [0.5, 0.6) is 17.2 Å². The molecule has 0 aromatic heterocycles. The van der Waals surface area contributed by atoms with Gasteiger partial charge in [-0.15, -0.1) is 0 Å². The van der Waals surface area contributed by atoms with E-state index in [2.05, 4.69) is 0 Å². The van der Waals surface area contributed by atoms with Gasteiger partial charge in [0.1, 0.15) is 12.0 Å². The van der Waals surface area contributed by atoms with Crippen LogP contribution >= 0.6 is 0 Å². The van der Waals surface area contributed by atoms with E-state index >= 15 is 0 Å². The van der Waals surface area contributed by atoms with Crippen molar-refractivity contribution in [2.75, 3.05) is 7.11 Å². The maximum Gasteiger partial charge on any atom is 0.336 e. The number of benzene rings is 2. The molecule has 0 unspecified atom stereocenters. The first-order chi connectivity index (χ1) is 10.6. The van der Waals surface area contributed by atoms with Crippen LogP contribution < -0.4 is 9.47 Å². The molecule has 2 aromatic carbocycles. The lowest BCUT2D eigenvalue weighted by atomic mass is 10.2. The van der Waals surface area contributed by atoms with Gasteiger partial charge in [0.2, 0.25) is 0 Å². The fraction of sp³-hybridized carbons (Fsp3) is 0.0588. The van der Waals surface area contributed by atoms with E-state index in [-0.39, 0.29) is 11.5 Å². The van der Waals surface area contributed by atoms with Crippen LogP contribution in [-0.4, -0.2) is 24.5 Å². The zero-order chi connectivity index (χ0) is 15.9. The van der Waals surface area contributed by atoms with Crippen LogP contribution in [0.3, 0.4) is 0 Å². The molecule has 0 aliphatic rings. The zero-order valence-corrected chi connectivity index (χ0v) is 11.9. The number of esters is 1. The van der Waals surface area contributed by atoms with Gasteiger partial charge in [-0.2, -0.15) is 0 Å². The summed E-state index contributed by atoms with van der Waals surface area (Å²) in [7, 11) is 1.42. The first-order valence-corrected chi connectivity index (χ1v) is 6.44. The minimum atomic E-state index is -0.578. The van der Waals surface area contributed by atoms with E-state index in [0.717, 1.165) is 5.56 Å². The van der Waals surface area contributed by atoms with Crippen LogP contribution in [0.25, 0.3) is 6.08 Å². The quantitative estimate of drug-likeness (QED) is 0.398. The molecule has 0 radical (unpaired) electrons. The maximum atomic E-state index is 11.8. The Labute approximate surface area is 127 Å². The number of aldehydes is 1. The predicted octanol–water partition coefficient (Wildman–Crippen LogP) is 2.83. The van der Waals surface area contributed by atoms with Gasteiger partial charge in [-0.05, 0) is 42.0 Å². The molecule has 0 aliphatic carbocycles. The van der Waals surface area contributed by atoms with Gasteiger partial charge in [0, 0.05) is 11.6 Å². The number of phenolic OH excluding ortho intramolecular Hbond substituents is 1. The molecule has 5 nitrogen and oxygen atoms in total. The SMILES string of the molecule is COc1cc(C=O)ccc1OC(=O)C=Cc1ccc(O)cc1. The average Bonchev–Trinajstić information content (AvgIpc) is 2.54. The van der Waals surface area contributed by atoms with Gasteiger partial charge in [-0.3, -0.25) is 4.79 Å². The van der Waals surface area contributed by atoms with Crippen LogP contribution in [-0.2, 0) is 4.79 Å². The van der Waals surface area contributed by atoms with E-state index in [9.17, 15) is 14.7 Å². The Balaban J connectivity index is 2.08. The lowest BCUT2D eigenvalue weighted by Gasteiger charge is -2.08. The summed E-state index contributed by atoms with van der Waals surface area (Å²) in [6.07, 6.45) is 3.51. The predicted molar refractivity (Wildman–Crippen MR) is 81.2 cm³/mol. The Bertz CT molecular complexity index is 701. The van der Waals surface area contributed by atoms with Crippen molar-refractivity contribution in [2.45, 2.75) is 0 Å². The molecule has 0 atom stereocenters. The number of rotatable bonds is 5. The molecule has 0 heterocycles. The van der Waals surface area contributed by atoms with Crippen LogP contribution in [0.2, 0.25) is 0 Å². The lowest BCUT2D eigenvalue weighted by molar-refractivity contribution is -0.129. The van der Waals surface area contributed by atoms with Crippen molar-refractivity contribution < 1.29 is 24.2 Å². The highest BCUT2D eigenvalue weighted by Crippen LogP contribution is 2.27. The van der Waals surface area contributed by atoms with Crippen molar-refractivity contribution >= 4 is 18.3 Å². The molecule has 0 saturated heterocycles. The first-order valence-electron chi connectivity index (χ1n) is 6.44. The number of methoxy groups -OCH3 is 1. The maximum absolute atomic E-state index is 11.8. The van der Waals surface area contributed by atoms with Crippen LogP contribution in [0.1, 0.15) is 15.9 Å². The highest BCUT2D eigenvalue weighted by molar-refractivity contribution is 5.89. The van der Waals surface area contributed by atoms with Crippen molar-refractivity contribution in [3.05, 3.63) is 59.7 Å². The molecule has 112 valence electrons. The van der Waals surface area contributed by atoms with Gasteiger partial charge < -0.3 is 14.6 Å². The normalized spacial score (nSPS) is 10.4. The molecule has 0 amide bonds. The number of hydrogen-bond acceptors (Lipinski definition) is 5. The van der Waals surface area contributed by atoms with E-state index in [0.29, 0.717) is 17.6 Å². The van der Waals surface area contributed by atoms with E-state index < -0.39 is 5.97 Å². The minimum Gasteiger partial charge on any atom is -0.508 e. The minimum absolute atomic E-state index is 0.153. The van der Waals surface area contributed by atoms with Crippen LogP contribution in [0.4, 0.5) is 0 Å². The molecule has 22 heavy (non-hydrogen) atoms. The summed E-state index contributed by atoms with van der Waals surface area (Å²) in [6, 6.07) is 10.9. The third-order valence-electron chi connectivity index (χ3n) is 2.84. The Morgan fingerprint density at radius 3 is 2.36 bits per heavy atom. The molecule has 0 fully saturated rings. The van der Waals surface area contributed by atoms with E-state index in [1.807, 2.05) is 0 Å². The summed E-state index contributed by atoms with van der Waals surface area (Å²) in [5.74, 6) is 0.106. The van der Waals surface area contributed by atoms with Crippen molar-refractivity contribution in [3.8, 4) is 17.2 Å². The molecular formula is C17H14O5. The van der Waals surface area contributed by atoms with E-state index in [1.54, 1.807) is 18.2 Å². The van der Waals surface area contributed by atoms with Gasteiger partial charge in [0.15, 0.2) is 11.5 Å². The number of aromatic hydroxyl groups is 1. The van der Waals surface area contributed by atoms with Crippen LogP contribution in [0, 0.1) is 0 Å². The summed E-state index contributed by atoms with van der Waals surface area (Å²) >= 11 is 0. The summed E-state index contributed by atoms with van der Waals surface area (Å²) in [5, 5.41) is 9.17. The van der Waals surface area contributed by atoms with Crippen molar-refractivity contribution in [3.63, 3.8) is 0 Å². The van der Waals surface area contributed by atoms with Crippen LogP contribution in [0.15, 0.2) is 48.5 Å². The largest absolute Gasteiger partial charge is 0.508 e. The Kier molecular flexibility index (Phi) is 4.93. The van der Waals surface area contributed by atoms with Gasteiger partial charge in [-0.25, -0.2) is 4.79 Å². The average molecular weight is 298 g/mol. The highest BCUT2D eigenvalue weighted by atomic mass is 16.6. The monoisotopic (exact) mass is 298 g/mol. The Morgan fingerprint density at radius 2 is 1.73 bits per heavy atom. The topological polar surface area (TPSA) is 72.8 Å². The van der Waals surface area contributed by atoms with Gasteiger partial charge in [0.05, 0.1) is 7.11 Å². The lowest BCUT2D eigenvalue weighted by Crippen LogP contribution is -2.05. The number of ether oxygens (including phenoxy) is 2. The van der Waals surface area contributed by atoms with Gasteiger partial charge in [0.25, 0.3) is 0 Å². The molecule has 0 saturated carbocycles. The smallest absolute Gasteiger partial charge is 0.336 e. The number of phenols is 1. The zero-order valence-electron chi connectivity index (χ0n) is 11.9. The van der Waals surface area contributed by atoms with E-state index in [4.69, 9.17) is 9.47 Å². The molecule has 0 spiro atoms. The molecule has 1 N–H and O–H groups in total. The second kappa shape index (κ2) is 7.08. The fourth-order valence-corrected chi connectivity index (χ4v) is 1.73. The summed E-state index contributed by atoms with van der Waals surface area (Å²) in [5.41, 5.74) is 1.18. The van der Waals surface area contributed by atoms with Crippen molar-refractivity contribution in [2.24, 2.45) is 0 Å². The fourth-order valence-electron chi connectivity index (χ4n) is 1.73. The van der Waals surface area contributed by atoms with E-state index in [1.165, 1.54) is 43.5 Å². The molecule has 0 aliphatic heterocycles. The summed E-state index contributed by atoms with van der Waals surface area (Å²) < 4.78 is 10.2. The van der Waals surface area contributed by atoms with Crippen molar-refractivity contribution in [1.82, 2.24) is 0 Å². The molecular weight excluding hydrogens is 284 g/mol. The second-order valence-corrected chi connectivity index (χ2v) is 4.37. The first kappa shape index (κ1) is 15.3. The standard InChI is InChI=1S/C17H14O5/c1-21-16-10-13(11-18)4-8-15(16)22-17(20)9-5-12-2-6-14(19)7-3-12/h2-11,19H,1H3. The molecule has 2 aromatic rings. The summed E-state index contributed by atoms with van der Waals surface area (Å²) in [4.78, 5) is 22.5. The Hall–Kier alpha value is -3.08. The Morgan fingerprint density at radius 1 is 1.05 bits per heavy atom. The summed E-state index contributed by atoms with van der Waals surface area (Å²) in [6.45, 7) is 0. The molecule has 0 bridgehead atoms. The number of hydrogen-bond donors (Lipinski definition) is 1.